The van der Waals surface area contributed by atoms with E-state index >= 15 is 0 Å². The fraction of sp³-hybridized carbons (Fsp3) is 0.357. The zero-order valence-corrected chi connectivity index (χ0v) is 21.1. The van der Waals surface area contributed by atoms with Gasteiger partial charge in [-0.1, -0.05) is 36.4 Å². The Balaban J connectivity index is 1.56. The van der Waals surface area contributed by atoms with Gasteiger partial charge in [-0.05, 0) is 73.0 Å². The minimum atomic E-state index is -0.116. The van der Waals surface area contributed by atoms with Crippen molar-refractivity contribution in [2.24, 2.45) is 0 Å². The van der Waals surface area contributed by atoms with E-state index in [1.54, 1.807) is 23.3 Å². The van der Waals surface area contributed by atoms with Crippen LogP contribution in [0, 0.1) is 6.92 Å². The maximum Gasteiger partial charge on any atom is 0.243 e. The number of aryl methyl sites for hydroxylation is 1. The van der Waals surface area contributed by atoms with Gasteiger partial charge in [0.25, 0.3) is 0 Å². The van der Waals surface area contributed by atoms with Crippen molar-refractivity contribution in [3.05, 3.63) is 87.1 Å². The molecule has 1 atom stereocenters. The molecule has 0 saturated carbocycles. The minimum Gasteiger partial charge on any atom is -0.497 e. The zero-order valence-electron chi connectivity index (χ0n) is 20.3. The number of fused-ring (bicyclic) bond motifs is 1. The van der Waals surface area contributed by atoms with Gasteiger partial charge in [0.05, 0.1) is 19.6 Å². The van der Waals surface area contributed by atoms with Gasteiger partial charge in [0.1, 0.15) is 12.3 Å². The average molecular weight is 477 g/mol. The van der Waals surface area contributed by atoms with Crippen molar-refractivity contribution in [2.45, 2.75) is 45.7 Å². The highest BCUT2D eigenvalue weighted by molar-refractivity contribution is 7.10. The molecule has 0 saturated heterocycles. The van der Waals surface area contributed by atoms with Crippen LogP contribution in [-0.2, 0) is 22.4 Å². The molecule has 0 radical (unpaired) electrons. The number of nitrogens with zero attached hydrogens (tertiary/aromatic N) is 2. The largest absolute Gasteiger partial charge is 0.497 e. The zero-order chi connectivity index (χ0) is 24.2. The van der Waals surface area contributed by atoms with Crippen molar-refractivity contribution in [1.82, 2.24) is 9.80 Å². The van der Waals surface area contributed by atoms with E-state index in [0.717, 1.165) is 23.3 Å². The Bertz CT molecular complexity index is 1150. The molecule has 0 fully saturated rings. The SMILES string of the molecule is COc1ccc(CC(=O)N(CC(=O)N2CCc3sccc3C2c2ccccc2C)C(C)C)cc1. The molecule has 3 aromatic rings. The third-order valence-electron chi connectivity index (χ3n) is 6.53. The quantitative estimate of drug-likeness (QED) is 0.481. The molecule has 5 nitrogen and oxygen atoms in total. The van der Waals surface area contributed by atoms with Crippen LogP contribution < -0.4 is 4.74 Å². The summed E-state index contributed by atoms with van der Waals surface area (Å²) in [6.07, 6.45) is 1.11. The van der Waals surface area contributed by atoms with E-state index in [4.69, 9.17) is 4.74 Å². The van der Waals surface area contributed by atoms with Gasteiger partial charge >= 0.3 is 0 Å². The second-order valence-electron chi connectivity index (χ2n) is 9.04. The number of ether oxygens (including phenoxy) is 1. The third-order valence-corrected chi connectivity index (χ3v) is 7.53. The van der Waals surface area contributed by atoms with E-state index in [9.17, 15) is 9.59 Å². The van der Waals surface area contributed by atoms with Crippen molar-refractivity contribution < 1.29 is 14.3 Å². The fourth-order valence-electron chi connectivity index (χ4n) is 4.63. The van der Waals surface area contributed by atoms with Crippen molar-refractivity contribution in [3.8, 4) is 5.75 Å². The first-order valence-electron chi connectivity index (χ1n) is 11.7. The molecule has 2 heterocycles. The standard InChI is InChI=1S/C28H32N2O3S/c1-19(2)30(26(31)17-21-9-11-22(33-4)12-10-21)18-27(32)29-15-13-25-24(14-16-34-25)28(29)23-8-6-5-7-20(23)3/h5-12,14,16,19,28H,13,15,17-18H2,1-4H3. The highest BCUT2D eigenvalue weighted by atomic mass is 32.1. The van der Waals surface area contributed by atoms with Gasteiger partial charge < -0.3 is 14.5 Å². The molecule has 34 heavy (non-hydrogen) atoms. The lowest BCUT2D eigenvalue weighted by molar-refractivity contribution is -0.142. The summed E-state index contributed by atoms with van der Waals surface area (Å²) in [5, 5.41) is 2.11. The fourth-order valence-corrected chi connectivity index (χ4v) is 5.53. The van der Waals surface area contributed by atoms with E-state index in [1.807, 2.05) is 55.1 Å². The third kappa shape index (κ3) is 5.02. The van der Waals surface area contributed by atoms with Gasteiger partial charge in [-0.15, -0.1) is 11.3 Å². The van der Waals surface area contributed by atoms with Crippen LogP contribution in [0.25, 0.3) is 0 Å². The average Bonchev–Trinajstić information content (AvgIpc) is 3.31. The highest BCUT2D eigenvalue weighted by Crippen LogP contribution is 2.39. The Morgan fingerprint density at radius 1 is 1.09 bits per heavy atom. The molecule has 1 aliphatic heterocycles. The lowest BCUT2D eigenvalue weighted by atomic mass is 9.90. The van der Waals surface area contributed by atoms with Crippen LogP contribution in [0.3, 0.4) is 0 Å². The summed E-state index contributed by atoms with van der Waals surface area (Å²) >= 11 is 1.76. The van der Waals surface area contributed by atoms with Crippen LogP contribution in [0.4, 0.5) is 0 Å². The van der Waals surface area contributed by atoms with Crippen LogP contribution in [0.15, 0.2) is 60.0 Å². The van der Waals surface area contributed by atoms with Crippen LogP contribution in [0.1, 0.15) is 47.0 Å². The lowest BCUT2D eigenvalue weighted by Gasteiger charge is -2.38. The molecule has 1 aliphatic rings. The van der Waals surface area contributed by atoms with Gasteiger partial charge in [-0.25, -0.2) is 0 Å². The van der Waals surface area contributed by atoms with Gasteiger partial charge in [-0.2, -0.15) is 0 Å². The first-order valence-corrected chi connectivity index (χ1v) is 12.6. The molecule has 0 bridgehead atoms. The molecular formula is C28H32N2O3S. The van der Waals surface area contributed by atoms with E-state index in [-0.39, 0.29) is 36.9 Å². The van der Waals surface area contributed by atoms with E-state index in [1.165, 1.54) is 16.0 Å². The van der Waals surface area contributed by atoms with Crippen molar-refractivity contribution in [2.75, 3.05) is 20.2 Å². The number of carbonyl (C=O) groups is 2. The summed E-state index contributed by atoms with van der Waals surface area (Å²) in [7, 11) is 1.62. The highest BCUT2D eigenvalue weighted by Gasteiger charge is 2.35. The Morgan fingerprint density at radius 2 is 1.82 bits per heavy atom. The van der Waals surface area contributed by atoms with Crippen molar-refractivity contribution >= 4 is 23.2 Å². The maximum absolute atomic E-state index is 13.7. The van der Waals surface area contributed by atoms with Gasteiger partial charge in [0, 0.05) is 17.5 Å². The van der Waals surface area contributed by atoms with E-state index in [2.05, 4.69) is 30.5 Å². The van der Waals surface area contributed by atoms with E-state index in [0.29, 0.717) is 6.54 Å². The van der Waals surface area contributed by atoms with Crippen LogP contribution >= 0.6 is 11.3 Å². The van der Waals surface area contributed by atoms with Gasteiger partial charge in [0.15, 0.2) is 0 Å². The van der Waals surface area contributed by atoms with Crippen molar-refractivity contribution in [3.63, 3.8) is 0 Å². The number of hydrogen-bond donors (Lipinski definition) is 0. The number of hydrogen-bond acceptors (Lipinski definition) is 4. The predicted octanol–water partition coefficient (Wildman–Crippen LogP) is 5.02. The van der Waals surface area contributed by atoms with Crippen LogP contribution in [0.5, 0.6) is 5.75 Å². The van der Waals surface area contributed by atoms with Gasteiger partial charge in [0.2, 0.25) is 11.8 Å². The number of carbonyl (C=O) groups excluding carboxylic acids is 2. The molecule has 1 unspecified atom stereocenters. The molecule has 0 aliphatic carbocycles. The molecular weight excluding hydrogens is 444 g/mol. The molecule has 1 aromatic heterocycles. The number of thiophene rings is 1. The smallest absolute Gasteiger partial charge is 0.243 e. The molecule has 2 aromatic carbocycles. The summed E-state index contributed by atoms with van der Waals surface area (Å²) in [5.74, 6) is 0.698. The van der Waals surface area contributed by atoms with E-state index < -0.39 is 0 Å². The molecule has 6 heteroatoms. The predicted molar refractivity (Wildman–Crippen MR) is 136 cm³/mol. The molecule has 2 amide bonds. The Morgan fingerprint density at radius 3 is 2.50 bits per heavy atom. The van der Waals surface area contributed by atoms with Crippen molar-refractivity contribution in [1.29, 1.82) is 0 Å². The van der Waals surface area contributed by atoms with Gasteiger partial charge in [-0.3, -0.25) is 9.59 Å². The number of rotatable bonds is 7. The Hall–Kier alpha value is -3.12. The summed E-state index contributed by atoms with van der Waals surface area (Å²) in [6, 6.07) is 17.7. The topological polar surface area (TPSA) is 49.9 Å². The molecule has 0 spiro atoms. The molecule has 4 rings (SSSR count). The second kappa shape index (κ2) is 10.4. The molecule has 0 N–H and O–H groups in total. The number of methoxy groups -OCH3 is 1. The lowest BCUT2D eigenvalue weighted by Crippen LogP contribution is -2.49. The summed E-state index contributed by atoms with van der Waals surface area (Å²) < 4.78 is 5.21. The Labute approximate surface area is 206 Å². The number of amides is 2. The first kappa shape index (κ1) is 24.0. The summed E-state index contributed by atoms with van der Waals surface area (Å²) in [5.41, 5.74) is 4.43. The van der Waals surface area contributed by atoms with Crippen LogP contribution in [0.2, 0.25) is 0 Å². The maximum atomic E-state index is 13.7. The normalized spacial score (nSPS) is 15.2. The van der Waals surface area contributed by atoms with Crippen LogP contribution in [-0.4, -0.2) is 47.9 Å². The molecule has 178 valence electrons. The summed E-state index contributed by atoms with van der Waals surface area (Å²) in [6.45, 7) is 6.76. The minimum absolute atomic E-state index is 0.0121. The monoisotopic (exact) mass is 476 g/mol. The Kier molecular flexibility index (Phi) is 7.37. The first-order chi connectivity index (χ1) is 16.4. The summed E-state index contributed by atoms with van der Waals surface area (Å²) in [4.78, 5) is 31.9. The second-order valence-corrected chi connectivity index (χ2v) is 10.0. The number of benzene rings is 2.